The lowest BCUT2D eigenvalue weighted by molar-refractivity contribution is -0.136. The van der Waals surface area contributed by atoms with E-state index >= 15 is 4.39 Å². The molecule has 8 nitrogen and oxygen atoms in total. The van der Waals surface area contributed by atoms with Crippen LogP contribution in [0.15, 0.2) is 30.5 Å². The number of hydrogen-bond donors (Lipinski definition) is 1. The van der Waals surface area contributed by atoms with Gasteiger partial charge < -0.3 is 19.3 Å². The van der Waals surface area contributed by atoms with Crippen LogP contribution in [0.2, 0.25) is 0 Å². The molecule has 4 aromatic rings. The summed E-state index contributed by atoms with van der Waals surface area (Å²) in [7, 11) is 1.98. The normalized spacial score (nSPS) is 15.9. The van der Waals surface area contributed by atoms with E-state index in [0.29, 0.717) is 35.2 Å². The third kappa shape index (κ3) is 5.35. The van der Waals surface area contributed by atoms with E-state index in [4.69, 9.17) is 14.7 Å². The van der Waals surface area contributed by atoms with Crippen LogP contribution in [-0.2, 0) is 24.7 Å². The van der Waals surface area contributed by atoms with Gasteiger partial charge >= 0.3 is 5.97 Å². The van der Waals surface area contributed by atoms with Gasteiger partial charge in [-0.25, -0.2) is 14.4 Å². The van der Waals surface area contributed by atoms with E-state index in [0.717, 1.165) is 90.2 Å². The van der Waals surface area contributed by atoms with Crippen molar-refractivity contribution in [1.82, 2.24) is 19.4 Å². The van der Waals surface area contributed by atoms with E-state index < -0.39 is 11.8 Å². The minimum atomic E-state index is -0.951. The van der Waals surface area contributed by atoms with Gasteiger partial charge in [0, 0.05) is 67.7 Å². The van der Waals surface area contributed by atoms with Crippen molar-refractivity contribution in [1.29, 1.82) is 0 Å². The van der Waals surface area contributed by atoms with Gasteiger partial charge in [-0.1, -0.05) is 0 Å². The van der Waals surface area contributed by atoms with Gasteiger partial charge in [0.05, 0.1) is 18.7 Å². The number of aliphatic carboxylic acids is 1. The standard InChI is InChI=1S/C34H40FN5O3/c1-20(2)39-11-7-12-40(14-13-39)30-16-23(9-10-36-30)29-18-27-32(26(19-31(41)42)22(4)37-34(27)38(29)5)25-17-28(35)33-24(21(25)3)8-6-15-43-33/h9-10,16-18,20H,6-8,11-15,19H2,1-5H3,(H,41,42). The van der Waals surface area contributed by atoms with Crippen LogP contribution in [0, 0.1) is 19.7 Å². The highest BCUT2D eigenvalue weighted by Crippen LogP contribution is 2.43. The molecule has 226 valence electrons. The minimum absolute atomic E-state index is 0.204. The highest BCUT2D eigenvalue weighted by atomic mass is 19.1. The molecule has 0 spiro atoms. The van der Waals surface area contributed by atoms with Crippen LogP contribution in [-0.4, -0.2) is 69.3 Å². The Labute approximate surface area is 252 Å². The number of aromatic nitrogens is 3. The predicted molar refractivity (Wildman–Crippen MR) is 168 cm³/mol. The highest BCUT2D eigenvalue weighted by molar-refractivity contribution is 6.01. The molecular weight excluding hydrogens is 545 g/mol. The van der Waals surface area contributed by atoms with Gasteiger partial charge in [-0.15, -0.1) is 0 Å². The lowest BCUT2D eigenvalue weighted by Crippen LogP contribution is -2.35. The average molecular weight is 586 g/mol. The Hall–Kier alpha value is -3.98. The summed E-state index contributed by atoms with van der Waals surface area (Å²) >= 11 is 0. The molecular formula is C34H40FN5O3. The quantitative estimate of drug-likeness (QED) is 0.300. The Morgan fingerprint density at radius 2 is 1.93 bits per heavy atom. The molecule has 6 rings (SSSR count). The molecule has 1 saturated heterocycles. The summed E-state index contributed by atoms with van der Waals surface area (Å²) in [6, 6.07) is 8.23. The fourth-order valence-corrected chi connectivity index (χ4v) is 6.79. The number of rotatable bonds is 6. The smallest absolute Gasteiger partial charge is 0.307 e. The molecule has 3 aromatic heterocycles. The van der Waals surface area contributed by atoms with E-state index in [1.54, 1.807) is 0 Å². The van der Waals surface area contributed by atoms with Gasteiger partial charge in [-0.2, -0.15) is 0 Å². The van der Waals surface area contributed by atoms with Crippen molar-refractivity contribution in [3.8, 4) is 28.1 Å². The summed E-state index contributed by atoms with van der Waals surface area (Å²) in [4.78, 5) is 26.5. The number of anilines is 1. The summed E-state index contributed by atoms with van der Waals surface area (Å²) in [6.45, 7) is 12.7. The van der Waals surface area contributed by atoms with Crippen molar-refractivity contribution >= 4 is 22.8 Å². The second-order valence-corrected chi connectivity index (χ2v) is 12.1. The Morgan fingerprint density at radius 3 is 2.70 bits per heavy atom. The number of hydrogen-bond acceptors (Lipinski definition) is 6. The van der Waals surface area contributed by atoms with E-state index in [1.807, 2.05) is 37.7 Å². The van der Waals surface area contributed by atoms with Gasteiger partial charge in [0.1, 0.15) is 11.5 Å². The first-order chi connectivity index (χ1) is 20.6. The Morgan fingerprint density at radius 1 is 1.12 bits per heavy atom. The lowest BCUT2D eigenvalue weighted by Gasteiger charge is -2.25. The summed E-state index contributed by atoms with van der Waals surface area (Å²) in [5.74, 6) is -0.106. The molecule has 0 aliphatic carbocycles. The maximum absolute atomic E-state index is 15.5. The Balaban J connectivity index is 1.50. The van der Waals surface area contributed by atoms with Crippen molar-refractivity contribution in [2.75, 3.05) is 37.7 Å². The van der Waals surface area contributed by atoms with Crippen LogP contribution in [0.5, 0.6) is 5.75 Å². The molecule has 1 fully saturated rings. The third-order valence-electron chi connectivity index (χ3n) is 9.14. The van der Waals surface area contributed by atoms with E-state index in [1.165, 1.54) is 6.07 Å². The van der Waals surface area contributed by atoms with Crippen LogP contribution in [0.25, 0.3) is 33.4 Å². The van der Waals surface area contributed by atoms with Crippen LogP contribution in [0.4, 0.5) is 10.2 Å². The SMILES string of the molecule is Cc1nc2c(cc(-c3ccnc(N4CCCN(C(C)C)CC4)c3)n2C)c(-c2cc(F)c3c(c2C)CCCO3)c1CC(=O)O. The van der Waals surface area contributed by atoms with E-state index in [9.17, 15) is 9.90 Å². The number of aryl methyl sites for hydroxylation is 2. The summed E-state index contributed by atoms with van der Waals surface area (Å²) in [5.41, 5.74) is 7.10. The van der Waals surface area contributed by atoms with Gasteiger partial charge in [0.15, 0.2) is 11.6 Å². The third-order valence-corrected chi connectivity index (χ3v) is 9.14. The van der Waals surface area contributed by atoms with Crippen LogP contribution < -0.4 is 9.64 Å². The number of carboxylic acids is 1. The molecule has 9 heteroatoms. The fourth-order valence-electron chi connectivity index (χ4n) is 6.79. The number of benzene rings is 1. The second-order valence-electron chi connectivity index (χ2n) is 12.1. The van der Waals surface area contributed by atoms with Crippen LogP contribution in [0.3, 0.4) is 0 Å². The molecule has 0 saturated carbocycles. The molecule has 5 heterocycles. The van der Waals surface area contributed by atoms with Crippen LogP contribution in [0.1, 0.15) is 49.1 Å². The van der Waals surface area contributed by atoms with Gasteiger partial charge in [-0.05, 0) is 93.5 Å². The number of carbonyl (C=O) groups is 1. The maximum atomic E-state index is 15.5. The van der Waals surface area contributed by atoms with E-state index in [2.05, 4.69) is 35.8 Å². The number of pyridine rings is 2. The molecule has 2 aliphatic heterocycles. The van der Waals surface area contributed by atoms with Crippen molar-refractivity contribution in [2.45, 2.75) is 59.4 Å². The molecule has 0 atom stereocenters. The molecule has 43 heavy (non-hydrogen) atoms. The number of nitrogens with zero attached hydrogens (tertiary/aromatic N) is 5. The first kappa shape index (κ1) is 29.1. The highest BCUT2D eigenvalue weighted by Gasteiger charge is 2.27. The fraction of sp³-hybridized carbons (Fsp3) is 0.441. The largest absolute Gasteiger partial charge is 0.490 e. The number of ether oxygens (including phenoxy) is 1. The monoisotopic (exact) mass is 585 g/mol. The summed E-state index contributed by atoms with van der Waals surface area (Å²) in [6.07, 6.45) is 4.27. The van der Waals surface area contributed by atoms with Gasteiger partial charge in [0.25, 0.3) is 0 Å². The molecule has 0 amide bonds. The lowest BCUT2D eigenvalue weighted by atomic mass is 9.87. The topological polar surface area (TPSA) is 83.7 Å². The molecule has 1 aromatic carbocycles. The number of halogens is 1. The number of carboxylic acid groups (broad SMARTS) is 1. The zero-order valence-electron chi connectivity index (χ0n) is 25.7. The van der Waals surface area contributed by atoms with Crippen molar-refractivity contribution in [2.24, 2.45) is 7.05 Å². The first-order valence-electron chi connectivity index (χ1n) is 15.2. The minimum Gasteiger partial charge on any atom is -0.490 e. The van der Waals surface area contributed by atoms with Crippen molar-refractivity contribution in [3.63, 3.8) is 0 Å². The summed E-state index contributed by atoms with van der Waals surface area (Å²) in [5, 5.41) is 10.7. The zero-order valence-corrected chi connectivity index (χ0v) is 25.7. The summed E-state index contributed by atoms with van der Waals surface area (Å²) < 4.78 is 23.2. The molecule has 0 bridgehead atoms. The second kappa shape index (κ2) is 11.6. The van der Waals surface area contributed by atoms with Crippen molar-refractivity contribution in [3.05, 3.63) is 58.7 Å². The number of fused-ring (bicyclic) bond motifs is 2. The van der Waals surface area contributed by atoms with Crippen molar-refractivity contribution < 1.29 is 19.0 Å². The van der Waals surface area contributed by atoms with Crippen LogP contribution >= 0.6 is 0 Å². The zero-order chi connectivity index (χ0) is 30.4. The molecule has 1 N–H and O–H groups in total. The van der Waals surface area contributed by atoms with E-state index in [-0.39, 0.29) is 6.42 Å². The first-order valence-corrected chi connectivity index (χ1v) is 15.2. The Kier molecular flexibility index (Phi) is 7.85. The van der Waals surface area contributed by atoms with Gasteiger partial charge in [0.2, 0.25) is 0 Å². The van der Waals surface area contributed by atoms with Gasteiger partial charge in [-0.3, -0.25) is 9.69 Å². The predicted octanol–water partition coefficient (Wildman–Crippen LogP) is 5.93. The Bertz CT molecular complexity index is 1710. The molecule has 0 unspecified atom stereocenters. The molecule has 0 radical (unpaired) electrons. The maximum Gasteiger partial charge on any atom is 0.307 e. The molecule has 2 aliphatic rings. The average Bonchev–Trinajstić information content (AvgIpc) is 3.15.